The van der Waals surface area contributed by atoms with E-state index in [1.807, 2.05) is 37.4 Å². The zero-order valence-corrected chi connectivity index (χ0v) is 18.5. The molecule has 0 aliphatic rings. The molecule has 0 aliphatic carbocycles. The lowest BCUT2D eigenvalue weighted by atomic mass is 10.3. The van der Waals surface area contributed by atoms with Crippen molar-refractivity contribution in [3.8, 4) is 11.5 Å². The van der Waals surface area contributed by atoms with Crippen LogP contribution in [0.5, 0.6) is 11.5 Å². The van der Waals surface area contributed by atoms with E-state index in [4.69, 9.17) is 26.1 Å². The number of halogens is 1. The van der Waals surface area contributed by atoms with Crippen LogP contribution in [0.4, 0.5) is 5.13 Å². The molecular weight excluding hydrogens is 436 g/mol. The van der Waals surface area contributed by atoms with Gasteiger partial charge in [0.25, 0.3) is 5.91 Å². The average molecular weight is 457 g/mol. The van der Waals surface area contributed by atoms with Crippen LogP contribution in [0.15, 0.2) is 60.9 Å². The summed E-state index contributed by atoms with van der Waals surface area (Å²) in [4.78, 5) is 19.5. The van der Waals surface area contributed by atoms with E-state index < -0.39 is 0 Å². The number of hydrogen-bond acceptors (Lipinski definition) is 6. The molecule has 2 heterocycles. The lowest BCUT2D eigenvalue weighted by Gasteiger charge is -2.20. The summed E-state index contributed by atoms with van der Waals surface area (Å²) < 4.78 is 14.1. The molecule has 0 saturated carbocycles. The molecule has 0 atom stereocenters. The molecule has 2 aromatic heterocycles. The topological polar surface area (TPSA) is 69.5 Å². The van der Waals surface area contributed by atoms with Crippen molar-refractivity contribution in [2.45, 2.75) is 13.5 Å². The molecule has 2 aromatic carbocycles. The molecule has 4 aromatic rings. The smallest absolute Gasteiger partial charge is 0.266 e. The summed E-state index contributed by atoms with van der Waals surface area (Å²) in [6, 6.07) is 14.5. The fraction of sp³-hybridized carbons (Fsp3) is 0.227. The standard InChI is InChI=1S/C22H21ClN4O3S/c1-2-29-18-5-3-6-19-21(18)25-22(31-19)27(14-13-26-12-4-11-24-26)20(28)15-30-17-9-7-16(23)8-10-17/h3-12H,2,13-15H2,1H3. The van der Waals surface area contributed by atoms with Crippen molar-refractivity contribution in [1.82, 2.24) is 14.8 Å². The predicted molar refractivity (Wildman–Crippen MR) is 122 cm³/mol. The number of aromatic nitrogens is 3. The van der Waals surface area contributed by atoms with Crippen LogP contribution >= 0.6 is 22.9 Å². The first-order valence-electron chi connectivity index (χ1n) is 9.82. The van der Waals surface area contributed by atoms with Gasteiger partial charge in [0, 0.05) is 24.0 Å². The zero-order valence-electron chi connectivity index (χ0n) is 16.9. The van der Waals surface area contributed by atoms with Gasteiger partial charge in [0.1, 0.15) is 17.0 Å². The minimum atomic E-state index is -0.195. The van der Waals surface area contributed by atoms with Crippen molar-refractivity contribution < 1.29 is 14.3 Å². The molecule has 7 nitrogen and oxygen atoms in total. The first-order valence-corrected chi connectivity index (χ1v) is 11.0. The summed E-state index contributed by atoms with van der Waals surface area (Å²) in [5.74, 6) is 1.09. The Morgan fingerprint density at radius 3 is 2.74 bits per heavy atom. The fourth-order valence-corrected chi connectivity index (χ4v) is 4.17. The Hall–Kier alpha value is -3.10. The lowest BCUT2D eigenvalue weighted by molar-refractivity contribution is -0.120. The maximum atomic E-state index is 13.1. The van der Waals surface area contributed by atoms with E-state index in [-0.39, 0.29) is 12.5 Å². The summed E-state index contributed by atoms with van der Waals surface area (Å²) in [6.07, 6.45) is 3.57. The van der Waals surface area contributed by atoms with E-state index in [0.29, 0.717) is 41.3 Å². The van der Waals surface area contributed by atoms with E-state index >= 15 is 0 Å². The summed E-state index contributed by atoms with van der Waals surface area (Å²) in [5, 5.41) is 5.43. The SMILES string of the molecule is CCOc1cccc2sc(N(CCn3cccn3)C(=O)COc3ccc(Cl)cc3)nc12. The molecule has 31 heavy (non-hydrogen) atoms. The van der Waals surface area contributed by atoms with E-state index in [9.17, 15) is 4.79 Å². The van der Waals surface area contributed by atoms with Gasteiger partial charge in [0.2, 0.25) is 0 Å². The van der Waals surface area contributed by atoms with Crippen LogP contribution in [-0.2, 0) is 11.3 Å². The molecule has 0 spiro atoms. The number of carbonyl (C=O) groups is 1. The summed E-state index contributed by atoms with van der Waals surface area (Å²) >= 11 is 7.36. The quantitative estimate of drug-likeness (QED) is 0.366. The largest absolute Gasteiger partial charge is 0.492 e. The maximum absolute atomic E-state index is 13.1. The van der Waals surface area contributed by atoms with Gasteiger partial charge in [-0.2, -0.15) is 5.10 Å². The molecule has 0 aliphatic heterocycles. The second-order valence-electron chi connectivity index (χ2n) is 6.59. The summed E-state index contributed by atoms with van der Waals surface area (Å²) in [5.41, 5.74) is 0.750. The predicted octanol–water partition coefficient (Wildman–Crippen LogP) is 4.66. The van der Waals surface area contributed by atoms with Crippen molar-refractivity contribution in [3.63, 3.8) is 0 Å². The van der Waals surface area contributed by atoms with Gasteiger partial charge in [-0.15, -0.1) is 0 Å². The van der Waals surface area contributed by atoms with Crippen LogP contribution < -0.4 is 14.4 Å². The van der Waals surface area contributed by atoms with E-state index in [2.05, 4.69) is 5.10 Å². The monoisotopic (exact) mass is 456 g/mol. The van der Waals surface area contributed by atoms with Crippen molar-refractivity contribution in [3.05, 3.63) is 65.9 Å². The third-order valence-corrected chi connectivity index (χ3v) is 5.79. The van der Waals surface area contributed by atoms with Gasteiger partial charge in [-0.05, 0) is 49.4 Å². The van der Waals surface area contributed by atoms with Crippen LogP contribution in [0.2, 0.25) is 5.02 Å². The molecule has 0 fully saturated rings. The number of hydrogen-bond donors (Lipinski definition) is 0. The number of ether oxygens (including phenoxy) is 2. The minimum absolute atomic E-state index is 0.116. The van der Waals surface area contributed by atoms with Crippen LogP contribution in [0.3, 0.4) is 0 Å². The summed E-state index contributed by atoms with van der Waals surface area (Å²) in [6.45, 7) is 3.31. The third-order valence-electron chi connectivity index (χ3n) is 4.49. The van der Waals surface area contributed by atoms with Crippen LogP contribution in [0.1, 0.15) is 6.92 Å². The first kappa shape index (κ1) is 21.1. The molecule has 0 N–H and O–H groups in total. The molecule has 4 rings (SSSR count). The molecule has 1 amide bonds. The van der Waals surface area contributed by atoms with Gasteiger partial charge in [0.05, 0.1) is 17.9 Å². The molecule has 0 bridgehead atoms. The zero-order chi connectivity index (χ0) is 21.6. The summed E-state index contributed by atoms with van der Waals surface area (Å²) in [7, 11) is 0. The highest BCUT2D eigenvalue weighted by molar-refractivity contribution is 7.22. The van der Waals surface area contributed by atoms with E-state index in [0.717, 1.165) is 10.2 Å². The van der Waals surface area contributed by atoms with E-state index in [1.165, 1.54) is 11.3 Å². The number of fused-ring (bicyclic) bond motifs is 1. The Kier molecular flexibility index (Phi) is 6.69. The normalized spacial score (nSPS) is 10.9. The Morgan fingerprint density at radius 2 is 2.00 bits per heavy atom. The number of thiazole rings is 1. The van der Waals surface area contributed by atoms with Crippen LogP contribution in [0.25, 0.3) is 10.2 Å². The van der Waals surface area contributed by atoms with Gasteiger partial charge < -0.3 is 9.47 Å². The van der Waals surface area contributed by atoms with E-state index in [1.54, 1.807) is 40.0 Å². The number of benzene rings is 2. The number of nitrogens with zero attached hydrogens (tertiary/aromatic N) is 4. The fourth-order valence-electron chi connectivity index (χ4n) is 3.01. The molecular formula is C22H21ClN4O3S. The lowest BCUT2D eigenvalue weighted by Crippen LogP contribution is -2.37. The number of para-hydroxylation sites is 1. The third kappa shape index (κ3) is 5.15. The Bertz CT molecular complexity index is 1150. The molecule has 9 heteroatoms. The van der Waals surface area contributed by atoms with Gasteiger partial charge >= 0.3 is 0 Å². The van der Waals surface area contributed by atoms with Crippen molar-refractivity contribution >= 4 is 44.2 Å². The number of anilines is 1. The second kappa shape index (κ2) is 9.80. The van der Waals surface area contributed by atoms with Gasteiger partial charge in [-0.1, -0.05) is 29.0 Å². The highest BCUT2D eigenvalue weighted by Crippen LogP contribution is 2.34. The first-order chi connectivity index (χ1) is 15.1. The van der Waals surface area contributed by atoms with Gasteiger partial charge in [-0.3, -0.25) is 14.4 Å². The average Bonchev–Trinajstić information content (AvgIpc) is 3.44. The second-order valence-corrected chi connectivity index (χ2v) is 8.03. The molecule has 0 saturated heterocycles. The highest BCUT2D eigenvalue weighted by atomic mass is 35.5. The maximum Gasteiger partial charge on any atom is 0.266 e. The van der Waals surface area contributed by atoms with Crippen LogP contribution in [0, 0.1) is 0 Å². The van der Waals surface area contributed by atoms with Crippen molar-refractivity contribution in [2.75, 3.05) is 24.7 Å². The molecule has 160 valence electrons. The Balaban J connectivity index is 1.57. The molecule has 0 radical (unpaired) electrons. The van der Waals surface area contributed by atoms with Gasteiger partial charge in [0.15, 0.2) is 11.7 Å². The number of carbonyl (C=O) groups excluding carboxylic acids is 1. The van der Waals surface area contributed by atoms with Crippen LogP contribution in [-0.4, -0.2) is 40.4 Å². The van der Waals surface area contributed by atoms with Gasteiger partial charge in [-0.25, -0.2) is 4.98 Å². The number of rotatable bonds is 9. The Morgan fingerprint density at radius 1 is 1.16 bits per heavy atom. The highest BCUT2D eigenvalue weighted by Gasteiger charge is 2.21. The van der Waals surface area contributed by atoms with Crippen molar-refractivity contribution in [2.24, 2.45) is 0 Å². The molecule has 0 unspecified atom stereocenters. The van der Waals surface area contributed by atoms with Crippen molar-refractivity contribution in [1.29, 1.82) is 0 Å². The number of amides is 1. The Labute approximate surface area is 188 Å². The minimum Gasteiger partial charge on any atom is -0.492 e.